The third kappa shape index (κ3) is 4.87. The molecule has 1 unspecified atom stereocenters. The fourth-order valence-electron chi connectivity index (χ4n) is 1.49. The summed E-state index contributed by atoms with van der Waals surface area (Å²) in [5.41, 5.74) is -0.0688. The van der Waals surface area contributed by atoms with Gasteiger partial charge in [0.05, 0.1) is 5.56 Å². The summed E-state index contributed by atoms with van der Waals surface area (Å²) in [7, 11) is -3.72. The second-order valence-corrected chi connectivity index (χ2v) is 6.23. The summed E-state index contributed by atoms with van der Waals surface area (Å²) in [5, 5.41) is 17.3. The molecule has 0 aliphatic rings. The quantitative estimate of drug-likeness (QED) is 0.601. The molecule has 0 spiro atoms. The number of pyridine rings is 1. The van der Waals surface area contributed by atoms with Crippen molar-refractivity contribution < 1.29 is 23.4 Å². The Bertz CT molecular complexity index is 541. The third-order valence-corrected chi connectivity index (χ3v) is 4.11. The van der Waals surface area contributed by atoms with Crippen molar-refractivity contribution in [3.63, 3.8) is 0 Å². The molecule has 0 fully saturated rings. The predicted molar refractivity (Wildman–Crippen MR) is 71.9 cm³/mol. The van der Waals surface area contributed by atoms with Gasteiger partial charge in [0.15, 0.2) is 5.03 Å². The Balaban J connectivity index is 2.58. The van der Waals surface area contributed by atoms with Crippen molar-refractivity contribution >= 4 is 16.0 Å². The van der Waals surface area contributed by atoms with Gasteiger partial charge in [0.25, 0.3) is 10.0 Å². The van der Waals surface area contributed by atoms with Crippen LogP contribution < -0.4 is 4.72 Å². The first-order valence-corrected chi connectivity index (χ1v) is 7.65. The molecule has 1 heterocycles. The molecule has 8 heteroatoms. The maximum atomic E-state index is 11.9. The third-order valence-electron chi connectivity index (χ3n) is 2.74. The van der Waals surface area contributed by atoms with E-state index in [4.69, 9.17) is 10.2 Å². The lowest BCUT2D eigenvalue weighted by Gasteiger charge is -2.08. The zero-order valence-corrected chi connectivity index (χ0v) is 11.9. The highest BCUT2D eigenvalue weighted by Gasteiger charge is 2.16. The maximum Gasteiger partial charge on any atom is 0.337 e. The van der Waals surface area contributed by atoms with Gasteiger partial charge in [-0.2, -0.15) is 0 Å². The molecular formula is C12H18N2O5S. The Morgan fingerprint density at radius 3 is 2.65 bits per heavy atom. The number of aromatic nitrogens is 1. The molecule has 0 amide bonds. The number of aliphatic hydroxyl groups is 1. The highest BCUT2D eigenvalue weighted by molar-refractivity contribution is 7.89. The van der Waals surface area contributed by atoms with Crippen molar-refractivity contribution in [1.82, 2.24) is 9.71 Å². The van der Waals surface area contributed by atoms with Crippen LogP contribution in [0.15, 0.2) is 23.4 Å². The molecule has 3 N–H and O–H groups in total. The van der Waals surface area contributed by atoms with E-state index in [1.807, 2.05) is 6.92 Å². The Hall–Kier alpha value is -1.51. The molecule has 7 nitrogen and oxygen atoms in total. The van der Waals surface area contributed by atoms with Crippen molar-refractivity contribution in [2.75, 3.05) is 13.2 Å². The van der Waals surface area contributed by atoms with Crippen LogP contribution in [0, 0.1) is 5.92 Å². The van der Waals surface area contributed by atoms with E-state index in [2.05, 4.69) is 9.71 Å². The van der Waals surface area contributed by atoms with Gasteiger partial charge < -0.3 is 10.2 Å². The van der Waals surface area contributed by atoms with Crippen LogP contribution in [-0.4, -0.2) is 42.7 Å². The molecule has 1 aromatic heterocycles. The summed E-state index contributed by atoms with van der Waals surface area (Å²) < 4.78 is 26.1. The van der Waals surface area contributed by atoms with E-state index < -0.39 is 16.0 Å². The van der Waals surface area contributed by atoms with Crippen LogP contribution in [0.1, 0.15) is 30.1 Å². The summed E-state index contributed by atoms with van der Waals surface area (Å²) >= 11 is 0. The first kappa shape index (κ1) is 16.5. The monoisotopic (exact) mass is 302 g/mol. The largest absolute Gasteiger partial charge is 0.478 e. The van der Waals surface area contributed by atoms with Gasteiger partial charge in [-0.05, 0) is 30.9 Å². The molecule has 0 saturated carbocycles. The summed E-state index contributed by atoms with van der Waals surface area (Å²) in [4.78, 5) is 14.3. The molecule has 0 aliphatic heterocycles. The molecular weight excluding hydrogens is 284 g/mol. The normalized spacial score (nSPS) is 13.1. The number of hydrogen-bond acceptors (Lipinski definition) is 5. The lowest BCUT2D eigenvalue weighted by Crippen LogP contribution is -2.26. The van der Waals surface area contributed by atoms with E-state index in [1.165, 1.54) is 6.07 Å². The fourth-order valence-corrected chi connectivity index (χ4v) is 2.49. The number of carbonyl (C=O) groups is 1. The first-order chi connectivity index (χ1) is 9.36. The van der Waals surface area contributed by atoms with Crippen LogP contribution in [-0.2, 0) is 10.0 Å². The SMILES string of the molecule is CC(CO)CCCNS(=O)(=O)c1ccc(C(=O)O)cn1. The van der Waals surface area contributed by atoms with Gasteiger partial charge in [-0.25, -0.2) is 22.9 Å². The number of nitrogens with one attached hydrogen (secondary N) is 1. The van der Waals surface area contributed by atoms with E-state index >= 15 is 0 Å². The molecule has 0 aromatic carbocycles. The van der Waals surface area contributed by atoms with Gasteiger partial charge in [0.1, 0.15) is 0 Å². The summed E-state index contributed by atoms with van der Waals surface area (Å²) in [5.74, 6) is -1.03. The average Bonchev–Trinajstić information content (AvgIpc) is 2.43. The average molecular weight is 302 g/mol. The number of aliphatic hydroxyl groups excluding tert-OH is 1. The number of carboxylic acid groups (broad SMARTS) is 1. The summed E-state index contributed by atoms with van der Waals surface area (Å²) in [6, 6.07) is 2.35. The minimum Gasteiger partial charge on any atom is -0.478 e. The van der Waals surface area contributed by atoms with Crippen LogP contribution in [0.5, 0.6) is 0 Å². The Morgan fingerprint density at radius 2 is 2.15 bits per heavy atom. The van der Waals surface area contributed by atoms with Crippen molar-refractivity contribution in [2.24, 2.45) is 5.92 Å². The van der Waals surface area contributed by atoms with E-state index in [0.717, 1.165) is 12.3 Å². The fraction of sp³-hybridized carbons (Fsp3) is 0.500. The first-order valence-electron chi connectivity index (χ1n) is 6.16. The van der Waals surface area contributed by atoms with Crippen LogP contribution >= 0.6 is 0 Å². The van der Waals surface area contributed by atoms with Crippen molar-refractivity contribution in [3.8, 4) is 0 Å². The molecule has 112 valence electrons. The van der Waals surface area contributed by atoms with Crippen molar-refractivity contribution in [1.29, 1.82) is 0 Å². The summed E-state index contributed by atoms with van der Waals surface area (Å²) in [6.07, 6.45) is 2.32. The Labute approximate surface area is 117 Å². The second kappa shape index (κ2) is 7.32. The topological polar surface area (TPSA) is 117 Å². The van der Waals surface area contributed by atoms with Crippen LogP contribution in [0.4, 0.5) is 0 Å². The molecule has 0 saturated heterocycles. The van der Waals surface area contributed by atoms with Gasteiger partial charge in [0.2, 0.25) is 0 Å². The van der Waals surface area contributed by atoms with Crippen LogP contribution in [0.25, 0.3) is 0 Å². The van der Waals surface area contributed by atoms with E-state index in [1.54, 1.807) is 0 Å². The number of nitrogens with zero attached hydrogens (tertiary/aromatic N) is 1. The number of carboxylic acids is 1. The van der Waals surface area contributed by atoms with E-state index in [-0.39, 0.29) is 29.7 Å². The number of sulfonamides is 1. The lowest BCUT2D eigenvalue weighted by atomic mass is 10.1. The van der Waals surface area contributed by atoms with Gasteiger partial charge >= 0.3 is 5.97 Å². The Morgan fingerprint density at radius 1 is 1.45 bits per heavy atom. The standard InChI is InChI=1S/C12H18N2O5S/c1-9(8-15)3-2-6-14-20(18,19)11-5-4-10(7-13-11)12(16)17/h4-5,7,9,14-15H,2-3,6,8H2,1H3,(H,16,17). The molecule has 1 atom stereocenters. The minimum absolute atomic E-state index is 0.0688. The maximum absolute atomic E-state index is 11.9. The number of hydrogen-bond donors (Lipinski definition) is 3. The van der Waals surface area contributed by atoms with Crippen LogP contribution in [0.3, 0.4) is 0 Å². The smallest absolute Gasteiger partial charge is 0.337 e. The highest BCUT2D eigenvalue weighted by Crippen LogP contribution is 2.08. The predicted octanol–water partition coefficient (Wildman–Crippen LogP) is 0.467. The summed E-state index contributed by atoms with van der Waals surface area (Å²) in [6.45, 7) is 2.20. The van der Waals surface area contributed by atoms with Crippen molar-refractivity contribution in [2.45, 2.75) is 24.8 Å². The lowest BCUT2D eigenvalue weighted by molar-refractivity contribution is 0.0696. The van der Waals surface area contributed by atoms with Gasteiger partial charge in [-0.15, -0.1) is 0 Å². The molecule has 20 heavy (non-hydrogen) atoms. The van der Waals surface area contributed by atoms with Gasteiger partial charge in [-0.3, -0.25) is 0 Å². The molecule has 0 bridgehead atoms. The zero-order valence-electron chi connectivity index (χ0n) is 11.1. The molecule has 0 aliphatic carbocycles. The molecule has 1 aromatic rings. The second-order valence-electron chi connectivity index (χ2n) is 4.52. The number of aromatic carboxylic acids is 1. The Kier molecular flexibility index (Phi) is 6.05. The van der Waals surface area contributed by atoms with E-state index in [9.17, 15) is 13.2 Å². The van der Waals surface area contributed by atoms with Crippen molar-refractivity contribution in [3.05, 3.63) is 23.9 Å². The zero-order chi connectivity index (χ0) is 15.2. The van der Waals surface area contributed by atoms with Gasteiger partial charge in [0, 0.05) is 19.3 Å². The molecule has 0 radical (unpaired) electrons. The van der Waals surface area contributed by atoms with Gasteiger partial charge in [-0.1, -0.05) is 6.92 Å². The number of rotatable bonds is 8. The van der Waals surface area contributed by atoms with Crippen LogP contribution in [0.2, 0.25) is 0 Å². The molecule has 1 rings (SSSR count). The van der Waals surface area contributed by atoms with E-state index in [0.29, 0.717) is 12.8 Å². The minimum atomic E-state index is -3.72. The highest BCUT2D eigenvalue weighted by atomic mass is 32.2.